The summed E-state index contributed by atoms with van der Waals surface area (Å²) in [6.45, 7) is 0.995. The van der Waals surface area contributed by atoms with Crippen LogP contribution >= 0.6 is 0 Å². The van der Waals surface area contributed by atoms with Gasteiger partial charge in [0, 0.05) is 12.5 Å². The lowest BCUT2D eigenvalue weighted by atomic mass is 9.91. The standard InChI is InChI=1S/C13H17NO2/c15-13(16)7-3-6-12-11-5-2-1-4-10(11)8-9-14-12/h1-2,4-5,12,14H,3,6-9H2,(H,15,16). The SMILES string of the molecule is O=C(O)CCCC1NCCc2ccccc21. The van der Waals surface area contributed by atoms with Crippen LogP contribution in [0, 0.1) is 0 Å². The van der Waals surface area contributed by atoms with Gasteiger partial charge >= 0.3 is 5.97 Å². The van der Waals surface area contributed by atoms with Gasteiger partial charge in [-0.05, 0) is 36.9 Å². The first-order chi connectivity index (χ1) is 7.77. The van der Waals surface area contributed by atoms with Crippen LogP contribution in [0.1, 0.15) is 36.4 Å². The summed E-state index contributed by atoms with van der Waals surface area (Å²) in [4.78, 5) is 10.5. The number of benzene rings is 1. The molecular weight excluding hydrogens is 202 g/mol. The molecule has 2 N–H and O–H groups in total. The molecule has 3 heteroatoms. The predicted octanol–water partition coefficient (Wildman–Crippen LogP) is 2.13. The molecule has 0 aromatic heterocycles. The maximum absolute atomic E-state index is 10.5. The zero-order valence-corrected chi connectivity index (χ0v) is 9.28. The molecule has 1 aromatic carbocycles. The molecule has 0 fully saturated rings. The van der Waals surface area contributed by atoms with Crippen LogP contribution in [0.25, 0.3) is 0 Å². The highest BCUT2D eigenvalue weighted by Crippen LogP contribution is 2.26. The minimum atomic E-state index is -0.705. The third-order valence-electron chi connectivity index (χ3n) is 3.10. The Morgan fingerprint density at radius 1 is 1.44 bits per heavy atom. The molecule has 16 heavy (non-hydrogen) atoms. The van der Waals surface area contributed by atoms with Crippen molar-refractivity contribution in [1.29, 1.82) is 0 Å². The van der Waals surface area contributed by atoms with Gasteiger partial charge in [0.15, 0.2) is 0 Å². The number of rotatable bonds is 4. The van der Waals surface area contributed by atoms with Crippen molar-refractivity contribution >= 4 is 5.97 Å². The molecule has 0 saturated heterocycles. The summed E-state index contributed by atoms with van der Waals surface area (Å²) in [6, 6.07) is 8.77. The smallest absolute Gasteiger partial charge is 0.303 e. The Morgan fingerprint density at radius 3 is 3.06 bits per heavy atom. The molecule has 2 rings (SSSR count). The molecule has 1 unspecified atom stereocenters. The van der Waals surface area contributed by atoms with Crippen molar-refractivity contribution in [2.24, 2.45) is 0 Å². The second-order valence-corrected chi connectivity index (χ2v) is 4.24. The molecule has 86 valence electrons. The highest BCUT2D eigenvalue weighted by atomic mass is 16.4. The third kappa shape index (κ3) is 2.61. The lowest BCUT2D eigenvalue weighted by Crippen LogP contribution is -2.29. The molecule has 1 atom stereocenters. The highest BCUT2D eigenvalue weighted by Gasteiger charge is 2.18. The van der Waals surface area contributed by atoms with Gasteiger partial charge in [-0.15, -0.1) is 0 Å². The minimum Gasteiger partial charge on any atom is -0.481 e. The van der Waals surface area contributed by atoms with E-state index in [1.54, 1.807) is 0 Å². The number of hydrogen-bond acceptors (Lipinski definition) is 2. The van der Waals surface area contributed by atoms with Crippen LogP contribution in [-0.4, -0.2) is 17.6 Å². The molecule has 0 amide bonds. The Balaban J connectivity index is 1.99. The number of fused-ring (bicyclic) bond motifs is 1. The van der Waals surface area contributed by atoms with Crippen LogP contribution in [0.4, 0.5) is 0 Å². The number of aliphatic carboxylic acids is 1. The molecule has 3 nitrogen and oxygen atoms in total. The molecule has 0 radical (unpaired) electrons. The number of nitrogens with one attached hydrogen (secondary N) is 1. The van der Waals surface area contributed by atoms with Crippen LogP contribution in [0.2, 0.25) is 0 Å². The average molecular weight is 219 g/mol. The molecule has 0 aliphatic carbocycles. The largest absolute Gasteiger partial charge is 0.481 e. The van der Waals surface area contributed by atoms with Crippen LogP contribution in [0.5, 0.6) is 0 Å². The number of carboxylic acid groups (broad SMARTS) is 1. The van der Waals surface area contributed by atoms with E-state index in [0.717, 1.165) is 25.8 Å². The first-order valence-electron chi connectivity index (χ1n) is 5.80. The Bertz CT molecular complexity index is 376. The van der Waals surface area contributed by atoms with E-state index in [1.165, 1.54) is 11.1 Å². The number of carbonyl (C=O) groups is 1. The molecular formula is C13H17NO2. The Labute approximate surface area is 95.5 Å². The fraction of sp³-hybridized carbons (Fsp3) is 0.462. The van der Waals surface area contributed by atoms with Crippen LogP contribution in [0.3, 0.4) is 0 Å². The van der Waals surface area contributed by atoms with Crippen molar-refractivity contribution in [3.05, 3.63) is 35.4 Å². The first kappa shape index (κ1) is 11.1. The van der Waals surface area contributed by atoms with E-state index in [0.29, 0.717) is 6.04 Å². The highest BCUT2D eigenvalue weighted by molar-refractivity contribution is 5.66. The fourth-order valence-electron chi connectivity index (χ4n) is 2.31. The second kappa shape index (κ2) is 5.12. The van der Waals surface area contributed by atoms with Gasteiger partial charge in [0.2, 0.25) is 0 Å². The summed E-state index contributed by atoms with van der Waals surface area (Å²) in [5, 5.41) is 12.1. The molecule has 1 aliphatic rings. The van der Waals surface area contributed by atoms with E-state index < -0.39 is 5.97 Å². The maximum atomic E-state index is 10.5. The summed E-state index contributed by atoms with van der Waals surface area (Å²) in [5.74, 6) is -0.705. The molecule has 1 aliphatic heterocycles. The molecule has 1 aromatic rings. The van der Waals surface area contributed by atoms with Crippen molar-refractivity contribution < 1.29 is 9.90 Å². The van der Waals surface area contributed by atoms with Crippen LogP contribution < -0.4 is 5.32 Å². The molecule has 0 saturated carbocycles. The van der Waals surface area contributed by atoms with E-state index in [9.17, 15) is 4.79 Å². The average Bonchev–Trinajstić information content (AvgIpc) is 2.29. The Kier molecular flexibility index (Phi) is 3.57. The van der Waals surface area contributed by atoms with Crippen molar-refractivity contribution in [3.63, 3.8) is 0 Å². The van der Waals surface area contributed by atoms with Crippen molar-refractivity contribution in [1.82, 2.24) is 5.32 Å². The quantitative estimate of drug-likeness (QED) is 0.815. The summed E-state index contributed by atoms with van der Waals surface area (Å²) < 4.78 is 0. The monoisotopic (exact) mass is 219 g/mol. The zero-order chi connectivity index (χ0) is 11.4. The summed E-state index contributed by atoms with van der Waals surface area (Å²) in [5.41, 5.74) is 2.75. The molecule has 0 spiro atoms. The van der Waals surface area contributed by atoms with E-state index in [2.05, 4.69) is 29.6 Å². The number of carboxylic acids is 1. The van der Waals surface area contributed by atoms with Crippen LogP contribution in [-0.2, 0) is 11.2 Å². The van der Waals surface area contributed by atoms with Crippen LogP contribution in [0.15, 0.2) is 24.3 Å². The van der Waals surface area contributed by atoms with Gasteiger partial charge < -0.3 is 10.4 Å². The first-order valence-corrected chi connectivity index (χ1v) is 5.80. The van der Waals surface area contributed by atoms with Gasteiger partial charge in [0.05, 0.1) is 0 Å². The van der Waals surface area contributed by atoms with Crippen molar-refractivity contribution in [2.45, 2.75) is 31.7 Å². The van der Waals surface area contributed by atoms with Gasteiger partial charge in [-0.25, -0.2) is 0 Å². The predicted molar refractivity (Wildman–Crippen MR) is 62.4 cm³/mol. The zero-order valence-electron chi connectivity index (χ0n) is 9.28. The van der Waals surface area contributed by atoms with Gasteiger partial charge in [0.1, 0.15) is 0 Å². The number of hydrogen-bond donors (Lipinski definition) is 2. The van der Waals surface area contributed by atoms with Crippen molar-refractivity contribution in [2.75, 3.05) is 6.54 Å². The molecule has 1 heterocycles. The Morgan fingerprint density at radius 2 is 2.25 bits per heavy atom. The topological polar surface area (TPSA) is 49.3 Å². The van der Waals surface area contributed by atoms with Gasteiger partial charge in [-0.3, -0.25) is 4.79 Å². The Hall–Kier alpha value is -1.35. The summed E-state index contributed by atoms with van der Waals surface area (Å²) in [7, 11) is 0. The van der Waals surface area contributed by atoms with E-state index in [-0.39, 0.29) is 6.42 Å². The third-order valence-corrected chi connectivity index (χ3v) is 3.10. The van der Waals surface area contributed by atoms with E-state index >= 15 is 0 Å². The lowest BCUT2D eigenvalue weighted by Gasteiger charge is -2.26. The van der Waals surface area contributed by atoms with Gasteiger partial charge in [0.25, 0.3) is 0 Å². The van der Waals surface area contributed by atoms with Gasteiger partial charge in [-0.2, -0.15) is 0 Å². The maximum Gasteiger partial charge on any atom is 0.303 e. The minimum absolute atomic E-state index is 0.264. The summed E-state index contributed by atoms with van der Waals surface area (Å²) >= 11 is 0. The molecule has 0 bridgehead atoms. The van der Waals surface area contributed by atoms with E-state index in [1.807, 2.05) is 0 Å². The lowest BCUT2D eigenvalue weighted by molar-refractivity contribution is -0.137. The van der Waals surface area contributed by atoms with E-state index in [4.69, 9.17) is 5.11 Å². The van der Waals surface area contributed by atoms with Gasteiger partial charge in [-0.1, -0.05) is 24.3 Å². The summed E-state index contributed by atoms with van der Waals surface area (Å²) in [6.07, 6.45) is 2.98. The normalized spacial score (nSPS) is 19.1. The van der Waals surface area contributed by atoms with Crippen molar-refractivity contribution in [3.8, 4) is 0 Å². The second-order valence-electron chi connectivity index (χ2n) is 4.24. The fourth-order valence-corrected chi connectivity index (χ4v) is 2.31.